The van der Waals surface area contributed by atoms with Crippen molar-refractivity contribution in [3.8, 4) is 11.5 Å². The topological polar surface area (TPSA) is 40.5 Å². The Morgan fingerprint density at radius 2 is 1.06 bits per heavy atom. The van der Waals surface area contributed by atoms with Crippen molar-refractivity contribution < 1.29 is 10.2 Å². The zero-order chi connectivity index (χ0) is 24.0. The predicted octanol–water partition coefficient (Wildman–Crippen LogP) is 8.93. The van der Waals surface area contributed by atoms with Gasteiger partial charge >= 0.3 is 0 Å². The highest BCUT2D eigenvalue weighted by Gasteiger charge is 2.14. The molecule has 0 saturated carbocycles. The predicted molar refractivity (Wildman–Crippen MR) is 143 cm³/mol. The Bertz CT molecular complexity index is 1220. The van der Waals surface area contributed by atoms with Crippen LogP contribution in [0.5, 0.6) is 11.5 Å². The first-order valence-corrected chi connectivity index (χ1v) is 12.1. The zero-order valence-corrected chi connectivity index (χ0v) is 20.8. The molecule has 0 heterocycles. The van der Waals surface area contributed by atoms with E-state index < -0.39 is 0 Å². The van der Waals surface area contributed by atoms with Gasteiger partial charge < -0.3 is 10.2 Å². The van der Waals surface area contributed by atoms with Gasteiger partial charge in [0.25, 0.3) is 0 Å². The maximum Gasteiger partial charge on any atom is 0.131 e. The van der Waals surface area contributed by atoms with Crippen molar-refractivity contribution in [2.75, 3.05) is 0 Å². The number of fused-ring (bicyclic) bond motifs is 2. The van der Waals surface area contributed by atoms with Gasteiger partial charge in [-0.2, -0.15) is 0 Å². The van der Waals surface area contributed by atoms with E-state index >= 15 is 0 Å². The molecule has 0 saturated heterocycles. The number of phenolic OH excluding ortho intramolecular Hbond substituents is 2. The van der Waals surface area contributed by atoms with Crippen LogP contribution in [-0.2, 0) is 12.8 Å². The lowest BCUT2D eigenvalue weighted by Gasteiger charge is -2.12. The molecule has 3 aromatic carbocycles. The molecule has 0 radical (unpaired) electrons. The minimum absolute atomic E-state index is 0.253. The molecule has 0 fully saturated rings. The first kappa shape index (κ1) is 24.6. The molecule has 0 aliphatic carbocycles. The number of rotatable bonds is 9. The Morgan fingerprint density at radius 1 is 0.606 bits per heavy atom. The molecule has 2 heteroatoms. The van der Waals surface area contributed by atoms with Gasteiger partial charge in [-0.1, -0.05) is 59.2 Å². The SMILES string of the molecule is CC(C)=CCC/C(C)=C/CCc1ccc2c(O)c3cc(CCC=C(C)C)ccc3c(O)c2c1. The second kappa shape index (κ2) is 11.2. The summed E-state index contributed by atoms with van der Waals surface area (Å²) < 4.78 is 0. The first-order chi connectivity index (χ1) is 15.8. The number of aromatic hydroxyl groups is 2. The van der Waals surface area contributed by atoms with Gasteiger partial charge in [0, 0.05) is 21.5 Å². The third kappa shape index (κ3) is 6.51. The fourth-order valence-corrected chi connectivity index (χ4v) is 4.29. The van der Waals surface area contributed by atoms with E-state index in [-0.39, 0.29) is 11.5 Å². The molecule has 33 heavy (non-hydrogen) atoms. The highest BCUT2D eigenvalue weighted by Crippen LogP contribution is 2.42. The zero-order valence-electron chi connectivity index (χ0n) is 20.8. The molecule has 2 nitrogen and oxygen atoms in total. The van der Waals surface area contributed by atoms with Gasteiger partial charge in [0.1, 0.15) is 11.5 Å². The molecule has 2 N–H and O–H groups in total. The summed E-state index contributed by atoms with van der Waals surface area (Å²) in [5, 5.41) is 24.9. The summed E-state index contributed by atoms with van der Waals surface area (Å²) in [6, 6.07) is 12.0. The minimum atomic E-state index is 0.253. The molecule has 0 aliphatic rings. The van der Waals surface area contributed by atoms with Gasteiger partial charge in [-0.3, -0.25) is 0 Å². The van der Waals surface area contributed by atoms with E-state index in [0.29, 0.717) is 10.8 Å². The van der Waals surface area contributed by atoms with Crippen molar-refractivity contribution in [3.63, 3.8) is 0 Å². The summed E-state index contributed by atoms with van der Waals surface area (Å²) >= 11 is 0. The van der Waals surface area contributed by atoms with Gasteiger partial charge in [-0.05, 0) is 96.4 Å². The largest absolute Gasteiger partial charge is 0.507 e. The molecule has 0 spiro atoms. The van der Waals surface area contributed by atoms with Gasteiger partial charge in [0.15, 0.2) is 0 Å². The lowest BCUT2D eigenvalue weighted by atomic mass is 9.95. The van der Waals surface area contributed by atoms with Gasteiger partial charge in [0.05, 0.1) is 0 Å². The van der Waals surface area contributed by atoms with Crippen LogP contribution >= 0.6 is 0 Å². The van der Waals surface area contributed by atoms with E-state index in [4.69, 9.17) is 0 Å². The Balaban J connectivity index is 1.81. The smallest absolute Gasteiger partial charge is 0.131 e. The number of hydrogen-bond donors (Lipinski definition) is 2. The van der Waals surface area contributed by atoms with Crippen molar-refractivity contribution in [2.24, 2.45) is 0 Å². The standard InChI is InChI=1S/C31H38O2/c1-21(2)9-6-11-23(5)12-8-14-25-16-18-27-29(20-25)31(33)26-17-15-24(13-7-10-22(3)4)19-28(26)30(27)32/h9-10,12,15-20,32-33H,6-8,11,13-14H2,1-5H3/b23-12+. The van der Waals surface area contributed by atoms with Crippen molar-refractivity contribution in [2.45, 2.75) is 73.1 Å². The minimum Gasteiger partial charge on any atom is -0.507 e. The molecule has 0 aliphatic heterocycles. The summed E-state index contributed by atoms with van der Waals surface area (Å²) in [5.74, 6) is 0.507. The number of hydrogen-bond acceptors (Lipinski definition) is 2. The number of phenols is 2. The van der Waals surface area contributed by atoms with E-state index in [0.717, 1.165) is 54.9 Å². The van der Waals surface area contributed by atoms with Crippen molar-refractivity contribution >= 4 is 21.5 Å². The van der Waals surface area contributed by atoms with Crippen LogP contribution in [0.25, 0.3) is 21.5 Å². The van der Waals surface area contributed by atoms with E-state index in [9.17, 15) is 10.2 Å². The van der Waals surface area contributed by atoms with E-state index in [1.165, 1.54) is 22.3 Å². The van der Waals surface area contributed by atoms with Crippen LogP contribution in [0.1, 0.15) is 71.4 Å². The van der Waals surface area contributed by atoms with Gasteiger partial charge in [-0.25, -0.2) is 0 Å². The average molecular weight is 443 g/mol. The number of benzene rings is 3. The third-order valence-corrected chi connectivity index (χ3v) is 6.19. The van der Waals surface area contributed by atoms with Crippen molar-refractivity contribution in [1.82, 2.24) is 0 Å². The van der Waals surface area contributed by atoms with Crippen LogP contribution in [0.2, 0.25) is 0 Å². The molecule has 0 bridgehead atoms. The Hall–Kier alpha value is -3.00. The maximum absolute atomic E-state index is 11.0. The highest BCUT2D eigenvalue weighted by molar-refractivity contribution is 6.10. The lowest BCUT2D eigenvalue weighted by Crippen LogP contribution is -1.89. The Morgan fingerprint density at radius 3 is 1.55 bits per heavy atom. The Kier molecular flexibility index (Phi) is 8.38. The first-order valence-electron chi connectivity index (χ1n) is 12.1. The quantitative estimate of drug-likeness (QED) is 0.197. The van der Waals surface area contributed by atoms with Gasteiger partial charge in [0.2, 0.25) is 0 Å². The summed E-state index contributed by atoms with van der Waals surface area (Å²) in [6.07, 6.45) is 12.8. The fourth-order valence-electron chi connectivity index (χ4n) is 4.29. The van der Waals surface area contributed by atoms with E-state index in [2.05, 4.69) is 65.0 Å². The highest BCUT2D eigenvalue weighted by atomic mass is 16.3. The third-order valence-electron chi connectivity index (χ3n) is 6.19. The summed E-state index contributed by atoms with van der Waals surface area (Å²) in [7, 11) is 0. The maximum atomic E-state index is 11.0. The van der Waals surface area contributed by atoms with Gasteiger partial charge in [-0.15, -0.1) is 0 Å². The average Bonchev–Trinajstić information content (AvgIpc) is 2.77. The molecular formula is C31H38O2. The molecule has 0 unspecified atom stereocenters. The van der Waals surface area contributed by atoms with E-state index in [1.54, 1.807) is 0 Å². The number of aryl methyl sites for hydroxylation is 2. The molecule has 3 rings (SSSR count). The van der Waals surface area contributed by atoms with Crippen molar-refractivity contribution in [1.29, 1.82) is 0 Å². The normalized spacial score (nSPS) is 11.7. The fraction of sp³-hybridized carbons (Fsp3) is 0.355. The van der Waals surface area contributed by atoms with Crippen LogP contribution in [0.3, 0.4) is 0 Å². The van der Waals surface area contributed by atoms with Crippen LogP contribution in [-0.4, -0.2) is 10.2 Å². The molecule has 174 valence electrons. The molecular weight excluding hydrogens is 404 g/mol. The molecule has 0 atom stereocenters. The van der Waals surface area contributed by atoms with Crippen molar-refractivity contribution in [3.05, 3.63) is 82.5 Å². The summed E-state index contributed by atoms with van der Waals surface area (Å²) in [4.78, 5) is 0. The molecule has 3 aromatic rings. The summed E-state index contributed by atoms with van der Waals surface area (Å²) in [5.41, 5.74) is 6.43. The number of allylic oxidation sites excluding steroid dienone is 6. The second-order valence-electron chi connectivity index (χ2n) is 9.69. The second-order valence-corrected chi connectivity index (χ2v) is 9.69. The summed E-state index contributed by atoms with van der Waals surface area (Å²) in [6.45, 7) is 10.7. The van der Waals surface area contributed by atoms with Crippen LogP contribution < -0.4 is 0 Å². The van der Waals surface area contributed by atoms with Crippen LogP contribution in [0.15, 0.2) is 71.3 Å². The lowest BCUT2D eigenvalue weighted by molar-refractivity contribution is 0.478. The monoisotopic (exact) mass is 442 g/mol. The molecule has 0 aromatic heterocycles. The van der Waals surface area contributed by atoms with E-state index in [1.807, 2.05) is 24.3 Å². The molecule has 0 amide bonds. The van der Waals surface area contributed by atoms with Crippen LogP contribution in [0.4, 0.5) is 0 Å². The van der Waals surface area contributed by atoms with Crippen LogP contribution in [0, 0.1) is 0 Å². The Labute approximate surface area is 199 Å².